The number of aliphatic hydroxyl groups is 1. The van der Waals surface area contributed by atoms with Crippen LogP contribution in [0.2, 0.25) is 0 Å². The first kappa shape index (κ1) is 18.3. The fourth-order valence-electron chi connectivity index (χ4n) is 2.84. The maximum absolute atomic E-state index is 12.4. The number of hydrogen-bond acceptors (Lipinski definition) is 5. The van der Waals surface area contributed by atoms with Gasteiger partial charge in [0.05, 0.1) is 20.8 Å². The number of aliphatic hydroxyl groups excluding tert-OH is 1. The summed E-state index contributed by atoms with van der Waals surface area (Å²) < 4.78 is 10.5. The van der Waals surface area contributed by atoms with Gasteiger partial charge in [0.25, 0.3) is 0 Å². The van der Waals surface area contributed by atoms with Gasteiger partial charge in [-0.15, -0.1) is 0 Å². The molecule has 1 unspecified atom stereocenters. The van der Waals surface area contributed by atoms with E-state index < -0.39 is 0 Å². The summed E-state index contributed by atoms with van der Waals surface area (Å²) in [4.78, 5) is 14.2. The van der Waals surface area contributed by atoms with Gasteiger partial charge in [0.15, 0.2) is 11.5 Å². The molecule has 6 heteroatoms. The van der Waals surface area contributed by atoms with Crippen LogP contribution in [-0.2, 0) is 4.79 Å². The third-order valence-corrected chi connectivity index (χ3v) is 4.10. The number of carbonyl (C=O) groups excluding carboxylic acids is 1. The van der Waals surface area contributed by atoms with E-state index in [0.717, 1.165) is 24.9 Å². The van der Waals surface area contributed by atoms with Gasteiger partial charge in [-0.05, 0) is 36.6 Å². The lowest BCUT2D eigenvalue weighted by atomic mass is 10.1. The number of nitrogens with zero attached hydrogens (tertiary/aromatic N) is 1. The first-order valence-electron chi connectivity index (χ1n) is 8.21. The Morgan fingerprint density at radius 1 is 1.38 bits per heavy atom. The highest BCUT2D eigenvalue weighted by atomic mass is 16.5. The quantitative estimate of drug-likeness (QED) is 0.735. The number of ether oxygens (including phenoxy) is 2. The zero-order valence-corrected chi connectivity index (χ0v) is 14.3. The summed E-state index contributed by atoms with van der Waals surface area (Å²) in [6.07, 6.45) is 5.38. The third kappa shape index (κ3) is 4.97. The van der Waals surface area contributed by atoms with Crippen molar-refractivity contribution in [2.75, 3.05) is 40.5 Å². The van der Waals surface area contributed by atoms with Gasteiger partial charge < -0.3 is 24.8 Å². The third-order valence-electron chi connectivity index (χ3n) is 4.10. The second kappa shape index (κ2) is 9.30. The predicted octanol–water partition coefficient (Wildman–Crippen LogP) is 1.29. The first-order valence-corrected chi connectivity index (χ1v) is 8.21. The van der Waals surface area contributed by atoms with Crippen molar-refractivity contribution in [1.82, 2.24) is 10.2 Å². The van der Waals surface area contributed by atoms with Crippen LogP contribution in [0.25, 0.3) is 6.08 Å². The summed E-state index contributed by atoms with van der Waals surface area (Å²) in [5, 5.41) is 12.1. The number of nitrogens with one attached hydrogen (secondary N) is 1. The molecule has 1 aromatic rings. The standard InChI is InChI=1S/C18H26N2O4/c1-23-16-7-5-14(12-17(16)24-2)6-8-18(22)20-10-3-4-15(13-20)19-9-11-21/h5-8,12,15,19,21H,3-4,9-11,13H2,1-2H3. The second-order valence-corrected chi connectivity index (χ2v) is 5.75. The predicted molar refractivity (Wildman–Crippen MR) is 93.3 cm³/mol. The minimum atomic E-state index is 0.000262. The van der Waals surface area contributed by atoms with Crippen molar-refractivity contribution in [3.05, 3.63) is 29.8 Å². The maximum atomic E-state index is 12.4. The minimum absolute atomic E-state index is 0.000262. The van der Waals surface area contributed by atoms with Crippen LogP contribution in [0.5, 0.6) is 11.5 Å². The first-order chi connectivity index (χ1) is 11.7. The Hall–Kier alpha value is -2.05. The van der Waals surface area contributed by atoms with Crippen LogP contribution in [0.4, 0.5) is 0 Å². The van der Waals surface area contributed by atoms with E-state index in [9.17, 15) is 4.79 Å². The molecule has 1 amide bonds. The molecule has 0 saturated carbocycles. The van der Waals surface area contributed by atoms with Gasteiger partial charge in [-0.3, -0.25) is 4.79 Å². The Labute approximate surface area is 143 Å². The summed E-state index contributed by atoms with van der Waals surface area (Å²) >= 11 is 0. The SMILES string of the molecule is COc1ccc(C=CC(=O)N2CCCC(NCCO)C2)cc1OC. The van der Waals surface area contributed by atoms with Gasteiger partial charge in [0.1, 0.15) is 0 Å². The molecular formula is C18H26N2O4. The van der Waals surface area contributed by atoms with Gasteiger partial charge in [-0.1, -0.05) is 6.07 Å². The summed E-state index contributed by atoms with van der Waals surface area (Å²) in [6, 6.07) is 5.79. The average molecular weight is 334 g/mol. The van der Waals surface area contributed by atoms with Crippen molar-refractivity contribution in [3.63, 3.8) is 0 Å². The molecule has 1 saturated heterocycles. The van der Waals surface area contributed by atoms with Crippen molar-refractivity contribution in [2.24, 2.45) is 0 Å². The van der Waals surface area contributed by atoms with Gasteiger partial charge in [0.2, 0.25) is 5.91 Å². The van der Waals surface area contributed by atoms with Gasteiger partial charge in [-0.2, -0.15) is 0 Å². The van der Waals surface area contributed by atoms with Crippen molar-refractivity contribution < 1.29 is 19.4 Å². The molecule has 2 N–H and O–H groups in total. The van der Waals surface area contributed by atoms with E-state index in [0.29, 0.717) is 24.6 Å². The molecule has 0 aromatic heterocycles. The van der Waals surface area contributed by atoms with E-state index in [1.54, 1.807) is 26.4 Å². The molecule has 1 fully saturated rings. The highest BCUT2D eigenvalue weighted by Gasteiger charge is 2.21. The minimum Gasteiger partial charge on any atom is -0.493 e. The molecule has 1 atom stereocenters. The van der Waals surface area contributed by atoms with E-state index in [4.69, 9.17) is 14.6 Å². The molecule has 2 rings (SSSR count). The van der Waals surface area contributed by atoms with Crippen LogP contribution in [0.3, 0.4) is 0 Å². The van der Waals surface area contributed by atoms with Crippen LogP contribution in [-0.4, -0.2) is 62.4 Å². The maximum Gasteiger partial charge on any atom is 0.246 e. The number of rotatable bonds is 7. The molecule has 1 aliphatic heterocycles. The monoisotopic (exact) mass is 334 g/mol. The number of hydrogen-bond donors (Lipinski definition) is 2. The molecule has 0 radical (unpaired) electrons. The topological polar surface area (TPSA) is 71.0 Å². The largest absolute Gasteiger partial charge is 0.493 e. The Morgan fingerprint density at radius 2 is 2.17 bits per heavy atom. The second-order valence-electron chi connectivity index (χ2n) is 5.75. The molecular weight excluding hydrogens is 308 g/mol. The number of likely N-dealkylation sites (tertiary alicyclic amines) is 1. The fraction of sp³-hybridized carbons (Fsp3) is 0.500. The molecule has 6 nitrogen and oxygen atoms in total. The van der Waals surface area contributed by atoms with E-state index >= 15 is 0 Å². The zero-order chi connectivity index (χ0) is 17.4. The van der Waals surface area contributed by atoms with Crippen molar-refractivity contribution in [2.45, 2.75) is 18.9 Å². The van der Waals surface area contributed by atoms with E-state index in [1.165, 1.54) is 0 Å². The van der Waals surface area contributed by atoms with E-state index in [2.05, 4.69) is 5.32 Å². The Balaban J connectivity index is 1.97. The van der Waals surface area contributed by atoms with Crippen molar-refractivity contribution in [1.29, 1.82) is 0 Å². The average Bonchev–Trinajstić information content (AvgIpc) is 2.64. The molecule has 1 aromatic carbocycles. The highest BCUT2D eigenvalue weighted by molar-refractivity contribution is 5.92. The summed E-state index contributed by atoms with van der Waals surface area (Å²) in [5.41, 5.74) is 0.882. The molecule has 132 valence electrons. The fourth-order valence-corrected chi connectivity index (χ4v) is 2.84. The number of carbonyl (C=O) groups is 1. The van der Waals surface area contributed by atoms with Crippen LogP contribution in [0.15, 0.2) is 24.3 Å². The van der Waals surface area contributed by atoms with Gasteiger partial charge in [-0.25, -0.2) is 0 Å². The Morgan fingerprint density at radius 3 is 2.88 bits per heavy atom. The summed E-state index contributed by atoms with van der Waals surface area (Å²) in [5.74, 6) is 1.30. The number of amides is 1. The smallest absolute Gasteiger partial charge is 0.246 e. The van der Waals surface area contributed by atoms with E-state index in [-0.39, 0.29) is 18.6 Å². The molecule has 0 spiro atoms. The molecule has 1 aliphatic rings. The van der Waals surface area contributed by atoms with Crippen molar-refractivity contribution >= 4 is 12.0 Å². The molecule has 0 bridgehead atoms. The van der Waals surface area contributed by atoms with Crippen LogP contribution in [0.1, 0.15) is 18.4 Å². The van der Waals surface area contributed by atoms with Crippen LogP contribution in [0, 0.1) is 0 Å². The summed E-state index contributed by atoms with van der Waals surface area (Å²) in [7, 11) is 3.18. The van der Waals surface area contributed by atoms with Crippen LogP contribution < -0.4 is 14.8 Å². The Bertz CT molecular complexity index is 574. The number of benzene rings is 1. The van der Waals surface area contributed by atoms with Gasteiger partial charge in [0, 0.05) is 31.8 Å². The summed E-state index contributed by atoms with van der Waals surface area (Å²) in [6.45, 7) is 2.12. The molecule has 1 heterocycles. The Kier molecular flexibility index (Phi) is 7.08. The highest BCUT2D eigenvalue weighted by Crippen LogP contribution is 2.28. The molecule has 0 aliphatic carbocycles. The lowest BCUT2D eigenvalue weighted by molar-refractivity contribution is -0.127. The van der Waals surface area contributed by atoms with Crippen LogP contribution >= 0.6 is 0 Å². The van der Waals surface area contributed by atoms with E-state index in [1.807, 2.05) is 23.1 Å². The number of methoxy groups -OCH3 is 2. The lowest BCUT2D eigenvalue weighted by Gasteiger charge is -2.32. The zero-order valence-electron chi connectivity index (χ0n) is 14.3. The van der Waals surface area contributed by atoms with Crippen molar-refractivity contribution in [3.8, 4) is 11.5 Å². The number of piperidine rings is 1. The normalized spacial score (nSPS) is 18.0. The molecule has 24 heavy (non-hydrogen) atoms. The van der Waals surface area contributed by atoms with Gasteiger partial charge >= 0.3 is 0 Å². The lowest BCUT2D eigenvalue weighted by Crippen LogP contribution is -2.48.